The minimum absolute atomic E-state index is 0.188. The van der Waals surface area contributed by atoms with Crippen molar-refractivity contribution in [2.24, 2.45) is 0 Å². The lowest BCUT2D eigenvalue weighted by atomic mass is 10.3. The Morgan fingerprint density at radius 1 is 1.27 bits per heavy atom. The summed E-state index contributed by atoms with van der Waals surface area (Å²) >= 11 is 6.25. The molecule has 0 saturated heterocycles. The molecule has 176 valence electrons. The molecule has 4 rings (SSSR count). The third-order valence-corrected chi connectivity index (χ3v) is 6.85. The van der Waals surface area contributed by atoms with E-state index in [4.69, 9.17) is 11.6 Å². The number of halogens is 2. The minimum Gasteiger partial charge on any atom is -0.358 e. The van der Waals surface area contributed by atoms with Crippen LogP contribution in [0.5, 0.6) is 5.75 Å². The lowest BCUT2D eigenvalue weighted by molar-refractivity contribution is 0.440. The summed E-state index contributed by atoms with van der Waals surface area (Å²) in [7, 11) is -8.18. The highest BCUT2D eigenvalue weighted by Gasteiger charge is 2.21. The Kier molecular flexibility index (Phi) is 6.32. The Morgan fingerprint density at radius 2 is 2.06 bits per heavy atom. The molecule has 0 radical (unpaired) electrons. The van der Waals surface area contributed by atoms with E-state index in [1.807, 2.05) is 10.7 Å². The van der Waals surface area contributed by atoms with Crippen molar-refractivity contribution in [1.29, 1.82) is 0 Å². The maximum atomic E-state index is 12.9. The quantitative estimate of drug-likeness (QED) is 0.318. The summed E-state index contributed by atoms with van der Waals surface area (Å²) in [5.41, 5.74) is 1.36. The molecule has 33 heavy (non-hydrogen) atoms. The molecular formula is C18H20ClFN7O4PS. The summed E-state index contributed by atoms with van der Waals surface area (Å²) in [6, 6.07) is 5.70. The van der Waals surface area contributed by atoms with Crippen molar-refractivity contribution in [2.75, 3.05) is 30.5 Å². The number of nitrogens with zero attached hydrogens (tertiary/aromatic N) is 4. The second kappa shape index (κ2) is 8.90. The first kappa shape index (κ1) is 23.4. The Labute approximate surface area is 194 Å². The molecule has 0 bridgehead atoms. The van der Waals surface area contributed by atoms with Gasteiger partial charge in [0.05, 0.1) is 24.1 Å². The monoisotopic (exact) mass is 515 g/mol. The van der Waals surface area contributed by atoms with E-state index in [0.29, 0.717) is 18.1 Å². The Bertz CT molecular complexity index is 1340. The number of fused-ring (bicyclic) bond motifs is 1. The van der Waals surface area contributed by atoms with Gasteiger partial charge < -0.3 is 24.7 Å². The van der Waals surface area contributed by atoms with Crippen LogP contribution >= 0.6 is 18.7 Å². The fourth-order valence-electron chi connectivity index (χ4n) is 3.24. The molecule has 3 N–H and O–H groups in total. The topological polar surface area (TPSA) is 140 Å². The van der Waals surface area contributed by atoms with Crippen molar-refractivity contribution in [3.63, 3.8) is 0 Å². The number of aromatic nitrogens is 4. The van der Waals surface area contributed by atoms with Crippen LogP contribution in [0.2, 0.25) is 5.02 Å². The first-order valence-electron chi connectivity index (χ1n) is 9.66. The average molecular weight is 516 g/mol. The average Bonchev–Trinajstić information content (AvgIpc) is 3.12. The van der Waals surface area contributed by atoms with Crippen molar-refractivity contribution in [3.8, 4) is 5.75 Å². The van der Waals surface area contributed by atoms with Gasteiger partial charge in [0.2, 0.25) is 5.95 Å². The van der Waals surface area contributed by atoms with Crippen LogP contribution in [0.4, 0.5) is 27.2 Å². The highest BCUT2D eigenvalue weighted by molar-refractivity contribution is 7.81. The predicted molar refractivity (Wildman–Crippen MR) is 124 cm³/mol. The second-order valence-electron chi connectivity index (χ2n) is 7.57. The highest BCUT2D eigenvalue weighted by atomic mass is 35.5. The van der Waals surface area contributed by atoms with Crippen LogP contribution in [-0.2, 0) is 28.2 Å². The minimum atomic E-state index is -5.23. The van der Waals surface area contributed by atoms with E-state index in [-0.39, 0.29) is 27.8 Å². The molecule has 0 aliphatic carbocycles. The van der Waals surface area contributed by atoms with Crippen molar-refractivity contribution >= 4 is 57.8 Å². The van der Waals surface area contributed by atoms with Gasteiger partial charge in [-0.15, -0.1) is 0 Å². The second-order valence-corrected chi connectivity index (χ2v) is 12.1. The molecule has 1 aliphatic rings. The fraction of sp³-hybridized carbons (Fsp3) is 0.278. The Hall–Kier alpha value is -2.73. The molecule has 0 spiro atoms. The van der Waals surface area contributed by atoms with Gasteiger partial charge in [0.15, 0.2) is 11.6 Å². The maximum absolute atomic E-state index is 12.9. The van der Waals surface area contributed by atoms with E-state index in [9.17, 15) is 16.9 Å². The van der Waals surface area contributed by atoms with Crippen LogP contribution in [0.25, 0.3) is 0 Å². The van der Waals surface area contributed by atoms with Gasteiger partial charge in [-0.3, -0.25) is 4.68 Å². The predicted octanol–water partition coefficient (Wildman–Crippen LogP) is 2.76. The van der Waals surface area contributed by atoms with Crippen LogP contribution in [-0.4, -0.2) is 48.0 Å². The standard InChI is InChI=1S/C18H20ClFN7O4PS/c1-32(2,28)15-8-12(31-33(20,29)30)3-4-14(15)23-17-13(19)10-22-18(25-17)24-16-7-11-9-21-5-6-27(11)26-16/h3-4,7-8,10,21H,5-6,9H2,1-2H3,(H2,22,23,24,25,26). The zero-order valence-corrected chi connectivity index (χ0v) is 20.0. The van der Waals surface area contributed by atoms with Gasteiger partial charge in [0.25, 0.3) is 0 Å². The maximum Gasteiger partial charge on any atom is 0.488 e. The van der Waals surface area contributed by atoms with Crippen LogP contribution in [0.15, 0.2) is 30.5 Å². The highest BCUT2D eigenvalue weighted by Crippen LogP contribution is 2.40. The number of benzene rings is 1. The number of hydrogen-bond donors (Lipinski definition) is 3. The third kappa shape index (κ3) is 5.80. The summed E-state index contributed by atoms with van der Waals surface area (Å²) in [6.45, 7) is 5.26. The largest absolute Gasteiger partial charge is 0.488 e. The van der Waals surface area contributed by atoms with Crippen LogP contribution in [0.1, 0.15) is 5.69 Å². The normalized spacial score (nSPS) is 13.9. The van der Waals surface area contributed by atoms with Gasteiger partial charge in [0, 0.05) is 24.5 Å². The number of anilines is 4. The summed E-state index contributed by atoms with van der Waals surface area (Å²) in [6.07, 6.45) is 1.39. The van der Waals surface area contributed by atoms with E-state index < -0.39 is 17.6 Å². The molecular weight excluding hydrogens is 496 g/mol. The summed E-state index contributed by atoms with van der Waals surface area (Å²) < 4.78 is 53.5. The number of hydrogen-bond acceptors (Lipinski definition) is 10. The van der Waals surface area contributed by atoms with Gasteiger partial charge in [-0.05, 0) is 31.5 Å². The van der Waals surface area contributed by atoms with Crippen molar-refractivity contribution in [3.05, 3.63) is 41.2 Å². The molecule has 1 aliphatic heterocycles. The van der Waals surface area contributed by atoms with Crippen molar-refractivity contribution in [1.82, 2.24) is 25.1 Å². The SMILES string of the molecule is CP(C)(=O)c1cc(OS(=O)(=O)F)ccc1Nc1nc(Nc2cc3n(n2)CCNC3)ncc1Cl. The van der Waals surface area contributed by atoms with Crippen molar-refractivity contribution in [2.45, 2.75) is 13.1 Å². The van der Waals surface area contributed by atoms with Gasteiger partial charge in [-0.25, -0.2) is 4.98 Å². The molecule has 0 fully saturated rings. The van der Waals surface area contributed by atoms with E-state index in [2.05, 4.69) is 35.2 Å². The van der Waals surface area contributed by atoms with E-state index in [1.165, 1.54) is 37.7 Å². The summed E-state index contributed by atoms with van der Waals surface area (Å²) in [5, 5.41) is 14.2. The number of nitrogens with one attached hydrogen (secondary N) is 3. The van der Waals surface area contributed by atoms with E-state index in [0.717, 1.165) is 18.8 Å². The zero-order chi connectivity index (χ0) is 23.8. The fourth-order valence-corrected chi connectivity index (χ4v) is 4.86. The smallest absolute Gasteiger partial charge is 0.358 e. The van der Waals surface area contributed by atoms with Crippen LogP contribution < -0.4 is 25.4 Å². The zero-order valence-electron chi connectivity index (χ0n) is 17.5. The number of rotatable bonds is 7. The molecule has 1 aromatic carbocycles. The molecule has 0 atom stereocenters. The lowest BCUT2D eigenvalue weighted by Crippen LogP contribution is -2.28. The molecule has 15 heteroatoms. The third-order valence-electron chi connectivity index (χ3n) is 4.65. The van der Waals surface area contributed by atoms with Gasteiger partial charge in [-0.2, -0.15) is 18.5 Å². The molecule has 3 heterocycles. The molecule has 0 amide bonds. The van der Waals surface area contributed by atoms with Crippen LogP contribution in [0.3, 0.4) is 0 Å². The lowest BCUT2D eigenvalue weighted by Gasteiger charge is -2.17. The van der Waals surface area contributed by atoms with Crippen molar-refractivity contribution < 1.29 is 21.1 Å². The summed E-state index contributed by atoms with van der Waals surface area (Å²) in [5.74, 6) is 0.701. The van der Waals surface area contributed by atoms with Gasteiger partial charge in [-0.1, -0.05) is 15.5 Å². The Balaban J connectivity index is 1.62. The van der Waals surface area contributed by atoms with Gasteiger partial charge >= 0.3 is 10.5 Å². The summed E-state index contributed by atoms with van der Waals surface area (Å²) in [4.78, 5) is 8.53. The molecule has 0 unspecified atom stereocenters. The van der Waals surface area contributed by atoms with Crippen LogP contribution in [0, 0.1) is 0 Å². The molecule has 11 nitrogen and oxygen atoms in total. The molecule has 0 saturated carbocycles. The Morgan fingerprint density at radius 3 is 2.76 bits per heavy atom. The van der Waals surface area contributed by atoms with Gasteiger partial charge in [0.1, 0.15) is 17.9 Å². The molecule has 2 aromatic heterocycles. The first-order chi connectivity index (χ1) is 15.5. The van der Waals surface area contributed by atoms with E-state index in [1.54, 1.807) is 0 Å². The molecule has 3 aromatic rings. The first-order valence-corrected chi connectivity index (χ1v) is 13.9. The van der Waals surface area contributed by atoms with E-state index >= 15 is 0 Å².